The van der Waals surface area contributed by atoms with E-state index in [-0.39, 0.29) is 5.69 Å². The molecule has 0 aliphatic carbocycles. The predicted octanol–water partition coefficient (Wildman–Crippen LogP) is 5.09. The van der Waals surface area contributed by atoms with Gasteiger partial charge in [-0.2, -0.15) is 13.2 Å². The van der Waals surface area contributed by atoms with Crippen molar-refractivity contribution in [2.24, 2.45) is 0 Å². The summed E-state index contributed by atoms with van der Waals surface area (Å²) >= 11 is 0. The summed E-state index contributed by atoms with van der Waals surface area (Å²) < 4.78 is 71.3. The van der Waals surface area contributed by atoms with Crippen molar-refractivity contribution in [3.63, 3.8) is 0 Å². The maximum atomic E-state index is 12.8. The molecular weight excluding hydrogens is 391 g/mol. The second-order valence-corrected chi connectivity index (χ2v) is 7.62. The number of nitrogens with one attached hydrogen (secondary N) is 1. The average molecular weight is 407 g/mol. The van der Waals surface area contributed by atoms with E-state index in [0.717, 1.165) is 23.8 Å². The quantitative estimate of drug-likeness (QED) is 0.620. The van der Waals surface area contributed by atoms with Crippen LogP contribution in [0.1, 0.15) is 11.1 Å². The van der Waals surface area contributed by atoms with E-state index in [0.29, 0.717) is 18.4 Å². The summed E-state index contributed by atoms with van der Waals surface area (Å²) in [7, 11) is -4.19. The fraction of sp³-hybridized carbons (Fsp3) is 0.100. The lowest BCUT2D eigenvalue weighted by molar-refractivity contribution is -0.137. The third-order valence-corrected chi connectivity index (χ3v) is 5.19. The van der Waals surface area contributed by atoms with Crippen molar-refractivity contribution in [2.75, 3.05) is 4.72 Å². The van der Waals surface area contributed by atoms with E-state index in [1.54, 1.807) is 12.1 Å². The van der Waals surface area contributed by atoms with Gasteiger partial charge in [-0.05, 0) is 35.9 Å². The van der Waals surface area contributed by atoms with E-state index < -0.39 is 26.7 Å². The molecule has 0 aromatic heterocycles. The van der Waals surface area contributed by atoms with Crippen molar-refractivity contribution < 1.29 is 26.3 Å². The van der Waals surface area contributed by atoms with Gasteiger partial charge in [-0.1, -0.05) is 42.5 Å². The molecule has 0 radical (unpaired) electrons. The normalized spacial score (nSPS) is 11.8. The van der Waals surface area contributed by atoms with Gasteiger partial charge in [-0.15, -0.1) is 0 Å². The topological polar surface area (TPSA) is 55.4 Å². The Bertz CT molecular complexity index is 1050. The van der Waals surface area contributed by atoms with Crippen LogP contribution in [0, 0.1) is 0 Å². The van der Waals surface area contributed by atoms with E-state index in [9.17, 15) is 21.6 Å². The summed E-state index contributed by atoms with van der Waals surface area (Å²) in [6.07, 6.45) is -4.63. The number of alkyl halides is 3. The van der Waals surface area contributed by atoms with E-state index >= 15 is 0 Å². The number of hydrogen-bond acceptors (Lipinski definition) is 3. The molecule has 0 aliphatic rings. The first-order valence-corrected chi connectivity index (χ1v) is 9.69. The van der Waals surface area contributed by atoms with Crippen LogP contribution in [0.25, 0.3) is 0 Å². The van der Waals surface area contributed by atoms with Gasteiger partial charge in [0.2, 0.25) is 0 Å². The van der Waals surface area contributed by atoms with E-state index in [1.807, 2.05) is 30.3 Å². The molecule has 3 aromatic carbocycles. The maximum Gasteiger partial charge on any atom is 0.416 e. The molecule has 0 spiro atoms. The molecule has 146 valence electrons. The van der Waals surface area contributed by atoms with Crippen LogP contribution in [0.5, 0.6) is 5.75 Å². The van der Waals surface area contributed by atoms with Gasteiger partial charge in [0.1, 0.15) is 12.4 Å². The number of sulfonamides is 1. The molecule has 0 heterocycles. The zero-order valence-corrected chi connectivity index (χ0v) is 15.3. The molecule has 8 heteroatoms. The molecule has 4 nitrogen and oxygen atoms in total. The van der Waals surface area contributed by atoms with Crippen LogP contribution < -0.4 is 9.46 Å². The van der Waals surface area contributed by atoms with Gasteiger partial charge in [0.15, 0.2) is 0 Å². The van der Waals surface area contributed by atoms with Crippen molar-refractivity contribution in [3.8, 4) is 5.75 Å². The van der Waals surface area contributed by atoms with E-state index in [4.69, 9.17) is 4.74 Å². The van der Waals surface area contributed by atoms with Crippen molar-refractivity contribution in [2.45, 2.75) is 17.7 Å². The number of benzene rings is 3. The highest BCUT2D eigenvalue weighted by molar-refractivity contribution is 7.92. The summed E-state index contributed by atoms with van der Waals surface area (Å²) in [6, 6.07) is 19.2. The molecule has 0 atom stereocenters. The fourth-order valence-electron chi connectivity index (χ4n) is 2.44. The van der Waals surface area contributed by atoms with Gasteiger partial charge in [0, 0.05) is 6.07 Å². The predicted molar refractivity (Wildman–Crippen MR) is 99.5 cm³/mol. The van der Waals surface area contributed by atoms with Gasteiger partial charge in [-0.25, -0.2) is 8.42 Å². The summed E-state index contributed by atoms with van der Waals surface area (Å²) in [6.45, 7) is 0.296. The monoisotopic (exact) mass is 407 g/mol. The lowest BCUT2D eigenvalue weighted by Crippen LogP contribution is -2.14. The van der Waals surface area contributed by atoms with Crippen LogP contribution in [-0.4, -0.2) is 8.42 Å². The Kier molecular flexibility index (Phi) is 5.60. The lowest BCUT2D eigenvalue weighted by atomic mass is 10.2. The van der Waals surface area contributed by atoms with Crippen molar-refractivity contribution >= 4 is 15.7 Å². The molecule has 28 heavy (non-hydrogen) atoms. The van der Waals surface area contributed by atoms with Crippen LogP contribution in [0.3, 0.4) is 0 Å². The molecule has 0 amide bonds. The van der Waals surface area contributed by atoms with E-state index in [1.165, 1.54) is 12.1 Å². The summed E-state index contributed by atoms with van der Waals surface area (Å²) in [5.74, 6) is 0.424. The molecule has 3 rings (SSSR count). The van der Waals surface area contributed by atoms with Crippen molar-refractivity contribution in [3.05, 3.63) is 90.0 Å². The molecule has 3 aromatic rings. The van der Waals surface area contributed by atoms with Crippen LogP contribution in [0.4, 0.5) is 18.9 Å². The molecular formula is C20H16F3NO3S. The van der Waals surface area contributed by atoms with Crippen molar-refractivity contribution in [1.82, 2.24) is 0 Å². The Morgan fingerprint density at radius 3 is 2.29 bits per heavy atom. The zero-order chi connectivity index (χ0) is 20.2. The Labute approximate surface area is 160 Å². The number of anilines is 1. The smallest absolute Gasteiger partial charge is 0.416 e. The minimum Gasteiger partial charge on any atom is -0.489 e. The summed E-state index contributed by atoms with van der Waals surface area (Å²) in [5, 5.41) is 0. The maximum absolute atomic E-state index is 12.8. The molecule has 0 bridgehead atoms. The van der Waals surface area contributed by atoms with Crippen LogP contribution in [0.15, 0.2) is 83.8 Å². The minimum absolute atomic E-state index is 0.183. The Morgan fingerprint density at radius 2 is 1.57 bits per heavy atom. The average Bonchev–Trinajstić information content (AvgIpc) is 2.67. The first-order valence-electron chi connectivity index (χ1n) is 8.21. The third-order valence-electron chi connectivity index (χ3n) is 3.81. The Morgan fingerprint density at radius 1 is 0.857 bits per heavy atom. The summed E-state index contributed by atoms with van der Waals surface area (Å²) in [5.41, 5.74) is 0.0933. The second kappa shape index (κ2) is 7.93. The highest BCUT2D eigenvalue weighted by atomic mass is 32.2. The Hall–Kier alpha value is -3.00. The van der Waals surface area contributed by atoms with E-state index in [2.05, 4.69) is 4.72 Å². The molecule has 0 fully saturated rings. The minimum atomic E-state index is -4.63. The molecule has 0 unspecified atom stereocenters. The number of hydrogen-bond donors (Lipinski definition) is 1. The standard InChI is InChI=1S/C20H16F3NO3S/c21-20(22,23)16-8-4-11-19(12-16)28(25,26)24-17-9-5-10-18(13-17)27-14-15-6-2-1-3-7-15/h1-13,24H,14H2. The molecule has 0 aliphatic heterocycles. The van der Waals surface area contributed by atoms with Crippen LogP contribution in [-0.2, 0) is 22.8 Å². The summed E-state index contributed by atoms with van der Waals surface area (Å²) in [4.78, 5) is -0.474. The van der Waals surface area contributed by atoms with Gasteiger partial charge in [-0.3, -0.25) is 4.72 Å². The van der Waals surface area contributed by atoms with Gasteiger partial charge in [0.25, 0.3) is 10.0 Å². The SMILES string of the molecule is O=S(=O)(Nc1cccc(OCc2ccccc2)c1)c1cccc(C(F)(F)F)c1. The first-order chi connectivity index (χ1) is 13.2. The first kappa shape index (κ1) is 19.8. The highest BCUT2D eigenvalue weighted by Crippen LogP contribution is 2.31. The van der Waals surface area contributed by atoms with Gasteiger partial charge in [0.05, 0.1) is 16.1 Å². The zero-order valence-electron chi connectivity index (χ0n) is 14.5. The Balaban J connectivity index is 1.76. The van der Waals surface area contributed by atoms with Crippen molar-refractivity contribution in [1.29, 1.82) is 0 Å². The van der Waals surface area contributed by atoms with Crippen LogP contribution >= 0.6 is 0 Å². The van der Waals surface area contributed by atoms with Crippen LogP contribution in [0.2, 0.25) is 0 Å². The van der Waals surface area contributed by atoms with Gasteiger partial charge < -0.3 is 4.74 Å². The molecule has 0 saturated heterocycles. The lowest BCUT2D eigenvalue weighted by Gasteiger charge is -2.12. The number of rotatable bonds is 6. The number of halogens is 3. The second-order valence-electron chi connectivity index (χ2n) is 5.93. The highest BCUT2D eigenvalue weighted by Gasteiger charge is 2.31. The fourth-order valence-corrected chi connectivity index (χ4v) is 3.54. The largest absolute Gasteiger partial charge is 0.489 e. The molecule has 0 saturated carbocycles. The molecule has 1 N–H and O–H groups in total. The van der Waals surface area contributed by atoms with Gasteiger partial charge >= 0.3 is 6.18 Å². The number of ether oxygens (including phenoxy) is 1. The third kappa shape index (κ3) is 5.04.